The van der Waals surface area contributed by atoms with E-state index in [1.165, 1.54) is 57.8 Å². The van der Waals surface area contributed by atoms with E-state index in [-0.39, 0.29) is 6.09 Å². The van der Waals surface area contributed by atoms with E-state index in [4.69, 9.17) is 4.74 Å². The van der Waals surface area contributed by atoms with Crippen LogP contribution >= 0.6 is 0 Å². The standard InChI is InChI=1S/C24H36N2O2/c27-24(28-19-20-7-3-1-4-8-20)26-17-15-25(16-18-26)23-13-11-22(12-14-23)21-9-5-2-6-10-21/h1,3-4,7-8,21-23H,2,5-6,9-19H2/t22-,23-. The van der Waals surface area contributed by atoms with E-state index in [1.807, 2.05) is 35.2 Å². The molecule has 4 rings (SSSR count). The van der Waals surface area contributed by atoms with E-state index in [0.717, 1.165) is 49.6 Å². The number of piperazine rings is 1. The molecule has 0 N–H and O–H groups in total. The first-order valence-corrected chi connectivity index (χ1v) is 11.5. The number of nitrogens with zero attached hydrogens (tertiary/aromatic N) is 2. The number of ether oxygens (including phenoxy) is 1. The lowest BCUT2D eigenvalue weighted by Gasteiger charge is -2.43. The third-order valence-corrected chi connectivity index (χ3v) is 7.35. The first kappa shape index (κ1) is 19.8. The highest BCUT2D eigenvalue weighted by Crippen LogP contribution is 2.39. The van der Waals surface area contributed by atoms with Gasteiger partial charge in [0, 0.05) is 32.2 Å². The van der Waals surface area contributed by atoms with Crippen molar-refractivity contribution in [1.29, 1.82) is 0 Å². The Labute approximate surface area is 170 Å². The van der Waals surface area contributed by atoms with Crippen LogP contribution in [-0.2, 0) is 11.3 Å². The molecule has 154 valence electrons. The van der Waals surface area contributed by atoms with Crippen LogP contribution in [0.5, 0.6) is 0 Å². The molecule has 0 atom stereocenters. The number of hydrogen-bond donors (Lipinski definition) is 0. The lowest BCUT2D eigenvalue weighted by atomic mass is 9.72. The molecule has 2 aliphatic carbocycles. The van der Waals surface area contributed by atoms with Gasteiger partial charge in [0.05, 0.1) is 0 Å². The Balaban J connectivity index is 1.17. The van der Waals surface area contributed by atoms with Gasteiger partial charge in [-0.2, -0.15) is 0 Å². The van der Waals surface area contributed by atoms with Gasteiger partial charge in [0.2, 0.25) is 0 Å². The molecule has 1 saturated heterocycles. The Morgan fingerprint density at radius 1 is 0.821 bits per heavy atom. The van der Waals surface area contributed by atoms with E-state index in [2.05, 4.69) is 4.90 Å². The summed E-state index contributed by atoms with van der Waals surface area (Å²) in [5.74, 6) is 2.01. The van der Waals surface area contributed by atoms with Crippen LogP contribution in [0.3, 0.4) is 0 Å². The maximum absolute atomic E-state index is 12.4. The summed E-state index contributed by atoms with van der Waals surface area (Å²) < 4.78 is 5.50. The van der Waals surface area contributed by atoms with Gasteiger partial charge >= 0.3 is 6.09 Å². The predicted octanol–water partition coefficient (Wildman–Crippen LogP) is 5.08. The van der Waals surface area contributed by atoms with Crippen molar-refractivity contribution in [3.8, 4) is 0 Å². The van der Waals surface area contributed by atoms with Crippen LogP contribution in [-0.4, -0.2) is 48.1 Å². The summed E-state index contributed by atoms with van der Waals surface area (Å²) >= 11 is 0. The topological polar surface area (TPSA) is 32.8 Å². The SMILES string of the molecule is O=C(OCc1ccccc1)N1CCN([C@H]2CC[C@H](C3CCCCC3)CC2)CC1. The zero-order valence-electron chi connectivity index (χ0n) is 17.2. The molecule has 0 spiro atoms. The average Bonchev–Trinajstić information content (AvgIpc) is 2.79. The van der Waals surface area contributed by atoms with E-state index in [1.54, 1.807) is 0 Å². The van der Waals surface area contributed by atoms with Gasteiger partial charge in [-0.25, -0.2) is 4.79 Å². The molecule has 4 nitrogen and oxygen atoms in total. The molecular formula is C24H36N2O2. The highest BCUT2D eigenvalue weighted by Gasteiger charge is 2.32. The normalized spacial score (nSPS) is 27.5. The second-order valence-electron chi connectivity index (χ2n) is 9.03. The maximum Gasteiger partial charge on any atom is 0.410 e. The largest absolute Gasteiger partial charge is 0.445 e. The molecule has 4 heteroatoms. The van der Waals surface area contributed by atoms with Crippen LogP contribution in [0.25, 0.3) is 0 Å². The van der Waals surface area contributed by atoms with E-state index in [9.17, 15) is 4.79 Å². The molecule has 0 bridgehead atoms. The minimum absolute atomic E-state index is 0.162. The van der Waals surface area contributed by atoms with Gasteiger partial charge < -0.3 is 9.64 Å². The second kappa shape index (κ2) is 9.78. The van der Waals surface area contributed by atoms with Crippen LogP contribution < -0.4 is 0 Å². The zero-order chi connectivity index (χ0) is 19.2. The molecule has 0 aromatic heterocycles. The van der Waals surface area contributed by atoms with Crippen molar-refractivity contribution in [2.45, 2.75) is 70.4 Å². The van der Waals surface area contributed by atoms with Gasteiger partial charge in [-0.1, -0.05) is 62.4 Å². The van der Waals surface area contributed by atoms with Gasteiger partial charge in [-0.15, -0.1) is 0 Å². The molecular weight excluding hydrogens is 348 g/mol. The molecule has 0 unspecified atom stereocenters. The highest BCUT2D eigenvalue weighted by atomic mass is 16.6. The van der Waals surface area contributed by atoms with E-state index in [0.29, 0.717) is 6.61 Å². The number of carbonyl (C=O) groups is 1. The fourth-order valence-corrected chi connectivity index (χ4v) is 5.62. The van der Waals surface area contributed by atoms with E-state index < -0.39 is 0 Å². The van der Waals surface area contributed by atoms with Crippen LogP contribution in [0.15, 0.2) is 30.3 Å². The minimum Gasteiger partial charge on any atom is -0.445 e. The quantitative estimate of drug-likeness (QED) is 0.726. The van der Waals surface area contributed by atoms with Crippen molar-refractivity contribution in [3.63, 3.8) is 0 Å². The van der Waals surface area contributed by atoms with Crippen LogP contribution in [0, 0.1) is 11.8 Å². The van der Waals surface area contributed by atoms with Crippen molar-refractivity contribution in [1.82, 2.24) is 9.80 Å². The summed E-state index contributed by atoms with van der Waals surface area (Å²) in [6, 6.07) is 10.7. The van der Waals surface area contributed by atoms with Crippen molar-refractivity contribution >= 4 is 6.09 Å². The Bertz CT molecular complexity index is 598. The minimum atomic E-state index is -0.162. The second-order valence-corrected chi connectivity index (χ2v) is 9.03. The molecule has 2 saturated carbocycles. The lowest BCUT2D eigenvalue weighted by Crippen LogP contribution is -2.52. The summed E-state index contributed by atoms with van der Waals surface area (Å²) in [5.41, 5.74) is 1.05. The molecule has 3 aliphatic rings. The molecule has 1 aliphatic heterocycles. The molecule has 3 fully saturated rings. The highest BCUT2D eigenvalue weighted by molar-refractivity contribution is 5.67. The number of carbonyl (C=O) groups excluding carboxylic acids is 1. The number of rotatable bonds is 4. The molecule has 1 aromatic rings. The summed E-state index contributed by atoms with van der Waals surface area (Å²) in [5, 5.41) is 0. The third-order valence-electron chi connectivity index (χ3n) is 7.35. The molecule has 0 radical (unpaired) electrons. The summed E-state index contributed by atoms with van der Waals surface area (Å²) in [4.78, 5) is 16.9. The lowest BCUT2D eigenvalue weighted by molar-refractivity contribution is 0.0438. The summed E-state index contributed by atoms with van der Waals surface area (Å²) in [7, 11) is 0. The van der Waals surface area contributed by atoms with Gasteiger partial charge in [-0.3, -0.25) is 4.90 Å². The monoisotopic (exact) mass is 384 g/mol. The van der Waals surface area contributed by atoms with Crippen LogP contribution in [0.4, 0.5) is 4.79 Å². The van der Waals surface area contributed by atoms with Crippen molar-refractivity contribution in [3.05, 3.63) is 35.9 Å². The Kier molecular flexibility index (Phi) is 6.90. The molecule has 1 amide bonds. The Hall–Kier alpha value is -1.55. The smallest absolute Gasteiger partial charge is 0.410 e. The maximum atomic E-state index is 12.4. The first-order chi connectivity index (χ1) is 13.8. The molecule has 28 heavy (non-hydrogen) atoms. The average molecular weight is 385 g/mol. The molecule has 1 heterocycles. The van der Waals surface area contributed by atoms with Crippen LogP contribution in [0.2, 0.25) is 0 Å². The zero-order valence-corrected chi connectivity index (χ0v) is 17.2. The number of amides is 1. The predicted molar refractivity (Wildman–Crippen MR) is 112 cm³/mol. The van der Waals surface area contributed by atoms with Gasteiger partial charge in [-0.05, 0) is 43.1 Å². The summed E-state index contributed by atoms with van der Waals surface area (Å²) in [6.07, 6.45) is 12.8. The fourth-order valence-electron chi connectivity index (χ4n) is 5.62. The van der Waals surface area contributed by atoms with Crippen LogP contribution in [0.1, 0.15) is 63.4 Å². The fraction of sp³-hybridized carbons (Fsp3) is 0.708. The first-order valence-electron chi connectivity index (χ1n) is 11.5. The summed E-state index contributed by atoms with van der Waals surface area (Å²) in [6.45, 7) is 3.97. The van der Waals surface area contributed by atoms with Gasteiger partial charge in [0.1, 0.15) is 6.61 Å². The van der Waals surface area contributed by atoms with Gasteiger partial charge in [0.15, 0.2) is 0 Å². The van der Waals surface area contributed by atoms with Gasteiger partial charge in [0.25, 0.3) is 0 Å². The Morgan fingerprint density at radius 2 is 1.46 bits per heavy atom. The van der Waals surface area contributed by atoms with E-state index >= 15 is 0 Å². The number of hydrogen-bond acceptors (Lipinski definition) is 3. The van der Waals surface area contributed by atoms with Crippen molar-refractivity contribution < 1.29 is 9.53 Å². The molecule has 1 aromatic carbocycles. The number of benzene rings is 1. The Morgan fingerprint density at radius 3 is 2.14 bits per heavy atom. The van der Waals surface area contributed by atoms with Crippen molar-refractivity contribution in [2.75, 3.05) is 26.2 Å². The van der Waals surface area contributed by atoms with Crippen molar-refractivity contribution in [2.24, 2.45) is 11.8 Å². The third kappa shape index (κ3) is 5.08.